The third-order valence-electron chi connectivity index (χ3n) is 2.62. The van der Waals surface area contributed by atoms with Crippen LogP contribution in [-0.4, -0.2) is 24.9 Å². The van der Waals surface area contributed by atoms with E-state index in [0.29, 0.717) is 24.3 Å². The van der Waals surface area contributed by atoms with E-state index >= 15 is 0 Å². The summed E-state index contributed by atoms with van der Waals surface area (Å²) >= 11 is 0. The van der Waals surface area contributed by atoms with Gasteiger partial charge < -0.3 is 14.6 Å². The summed E-state index contributed by atoms with van der Waals surface area (Å²) in [5.74, 6) is 1.37. The summed E-state index contributed by atoms with van der Waals surface area (Å²) in [6, 6.07) is 5.66. The number of aliphatic hydroxyl groups is 1. The van der Waals surface area contributed by atoms with Crippen molar-refractivity contribution >= 4 is 0 Å². The lowest BCUT2D eigenvalue weighted by atomic mass is 9.93. The van der Waals surface area contributed by atoms with Crippen molar-refractivity contribution in [3.63, 3.8) is 0 Å². The largest absolute Gasteiger partial charge is 0.493 e. The second kappa shape index (κ2) is 5.73. The average Bonchev–Trinajstić information content (AvgIpc) is 2.28. The van der Waals surface area contributed by atoms with Gasteiger partial charge in [-0.05, 0) is 31.0 Å². The van der Waals surface area contributed by atoms with E-state index < -0.39 is 5.60 Å². The zero-order chi connectivity index (χ0) is 12.9. The number of benzene rings is 1. The van der Waals surface area contributed by atoms with E-state index in [4.69, 9.17) is 9.47 Å². The molecule has 94 valence electrons. The Kier molecular flexibility index (Phi) is 4.58. The maximum atomic E-state index is 10.1. The Labute approximate surface area is 103 Å². The summed E-state index contributed by atoms with van der Waals surface area (Å²) in [7, 11) is 3.20. The van der Waals surface area contributed by atoms with E-state index in [-0.39, 0.29) is 0 Å². The second-order valence-electron chi connectivity index (χ2n) is 4.36. The fourth-order valence-corrected chi connectivity index (χ4v) is 1.81. The monoisotopic (exact) mass is 236 g/mol. The molecule has 0 spiro atoms. The molecule has 0 saturated carbocycles. The molecule has 0 aliphatic rings. The van der Waals surface area contributed by atoms with Gasteiger partial charge in [0.2, 0.25) is 0 Å². The Morgan fingerprint density at radius 2 is 1.94 bits per heavy atom. The number of rotatable bonds is 6. The highest BCUT2D eigenvalue weighted by molar-refractivity contribution is 5.43. The lowest BCUT2D eigenvalue weighted by Gasteiger charge is -2.22. The van der Waals surface area contributed by atoms with Crippen molar-refractivity contribution in [2.75, 3.05) is 14.2 Å². The van der Waals surface area contributed by atoms with Gasteiger partial charge in [0.05, 0.1) is 19.8 Å². The van der Waals surface area contributed by atoms with Gasteiger partial charge in [0, 0.05) is 6.42 Å². The molecule has 1 atom stereocenters. The van der Waals surface area contributed by atoms with Crippen LogP contribution in [0.5, 0.6) is 11.5 Å². The first-order valence-corrected chi connectivity index (χ1v) is 5.56. The predicted molar refractivity (Wildman–Crippen MR) is 68.7 cm³/mol. The third kappa shape index (κ3) is 3.79. The van der Waals surface area contributed by atoms with E-state index in [1.165, 1.54) is 0 Å². The lowest BCUT2D eigenvalue weighted by molar-refractivity contribution is 0.0637. The van der Waals surface area contributed by atoms with E-state index in [1.54, 1.807) is 27.2 Å². The second-order valence-corrected chi connectivity index (χ2v) is 4.36. The maximum Gasteiger partial charge on any atom is 0.160 e. The summed E-state index contributed by atoms with van der Waals surface area (Å²) in [5, 5.41) is 10.1. The number of methoxy groups -OCH3 is 2. The van der Waals surface area contributed by atoms with Crippen LogP contribution in [0.2, 0.25) is 0 Å². The molecular formula is C14H20O3. The SMILES string of the molecule is C=CCC(C)(O)Cc1ccc(OC)c(OC)c1. The Morgan fingerprint density at radius 1 is 1.29 bits per heavy atom. The van der Waals surface area contributed by atoms with Crippen LogP contribution in [0.3, 0.4) is 0 Å². The van der Waals surface area contributed by atoms with Crippen molar-refractivity contribution in [3.8, 4) is 11.5 Å². The maximum absolute atomic E-state index is 10.1. The number of hydrogen-bond donors (Lipinski definition) is 1. The highest BCUT2D eigenvalue weighted by atomic mass is 16.5. The van der Waals surface area contributed by atoms with Gasteiger partial charge in [-0.15, -0.1) is 6.58 Å². The molecule has 0 bridgehead atoms. The van der Waals surface area contributed by atoms with Crippen molar-refractivity contribution in [1.82, 2.24) is 0 Å². The molecule has 0 fully saturated rings. The van der Waals surface area contributed by atoms with Gasteiger partial charge in [0.25, 0.3) is 0 Å². The summed E-state index contributed by atoms with van der Waals surface area (Å²) in [6.07, 6.45) is 2.83. The van der Waals surface area contributed by atoms with Gasteiger partial charge in [-0.25, -0.2) is 0 Å². The first-order chi connectivity index (χ1) is 8.02. The Hall–Kier alpha value is -1.48. The van der Waals surface area contributed by atoms with E-state index in [0.717, 1.165) is 5.56 Å². The van der Waals surface area contributed by atoms with Crippen LogP contribution in [0.4, 0.5) is 0 Å². The Morgan fingerprint density at radius 3 is 2.47 bits per heavy atom. The van der Waals surface area contributed by atoms with Crippen LogP contribution >= 0.6 is 0 Å². The van der Waals surface area contributed by atoms with Crippen LogP contribution in [0, 0.1) is 0 Å². The molecule has 1 N–H and O–H groups in total. The first-order valence-electron chi connectivity index (χ1n) is 5.56. The molecule has 1 unspecified atom stereocenters. The number of ether oxygens (including phenoxy) is 2. The van der Waals surface area contributed by atoms with Gasteiger partial charge in [0.1, 0.15) is 0 Å². The number of hydrogen-bond acceptors (Lipinski definition) is 3. The Balaban J connectivity index is 2.89. The molecule has 1 aromatic rings. The molecule has 3 nitrogen and oxygen atoms in total. The standard InChI is InChI=1S/C14H20O3/c1-5-8-14(2,15)10-11-6-7-12(16-3)13(9-11)17-4/h5-7,9,15H,1,8,10H2,2-4H3. The van der Waals surface area contributed by atoms with Gasteiger partial charge in [-0.2, -0.15) is 0 Å². The first kappa shape index (κ1) is 13.6. The van der Waals surface area contributed by atoms with Gasteiger partial charge in [0.15, 0.2) is 11.5 Å². The molecule has 0 aromatic heterocycles. The predicted octanol–water partition coefficient (Wildman–Crippen LogP) is 2.57. The van der Waals surface area contributed by atoms with Crippen molar-refractivity contribution < 1.29 is 14.6 Å². The zero-order valence-corrected chi connectivity index (χ0v) is 10.7. The molecule has 3 heteroatoms. The summed E-state index contributed by atoms with van der Waals surface area (Å²) in [4.78, 5) is 0. The molecule has 0 heterocycles. The summed E-state index contributed by atoms with van der Waals surface area (Å²) in [5.41, 5.74) is 0.232. The smallest absolute Gasteiger partial charge is 0.160 e. The molecule has 1 aromatic carbocycles. The molecule has 0 amide bonds. The van der Waals surface area contributed by atoms with Crippen LogP contribution in [0.25, 0.3) is 0 Å². The van der Waals surface area contributed by atoms with E-state index in [1.807, 2.05) is 18.2 Å². The molecule has 1 rings (SSSR count). The summed E-state index contributed by atoms with van der Waals surface area (Å²) < 4.78 is 10.4. The normalized spacial score (nSPS) is 13.9. The highest BCUT2D eigenvalue weighted by Gasteiger charge is 2.19. The molecule has 17 heavy (non-hydrogen) atoms. The lowest BCUT2D eigenvalue weighted by Crippen LogP contribution is -2.26. The highest BCUT2D eigenvalue weighted by Crippen LogP contribution is 2.29. The fraction of sp³-hybridized carbons (Fsp3) is 0.429. The van der Waals surface area contributed by atoms with Gasteiger partial charge in [-0.1, -0.05) is 12.1 Å². The molecule has 0 radical (unpaired) electrons. The van der Waals surface area contributed by atoms with Crippen LogP contribution in [-0.2, 0) is 6.42 Å². The van der Waals surface area contributed by atoms with Crippen molar-refractivity contribution in [2.24, 2.45) is 0 Å². The minimum Gasteiger partial charge on any atom is -0.493 e. The average molecular weight is 236 g/mol. The minimum atomic E-state index is -0.776. The molecule has 0 aliphatic heterocycles. The van der Waals surface area contributed by atoms with Crippen molar-refractivity contribution in [1.29, 1.82) is 0 Å². The van der Waals surface area contributed by atoms with E-state index in [9.17, 15) is 5.11 Å². The van der Waals surface area contributed by atoms with Crippen molar-refractivity contribution in [2.45, 2.75) is 25.4 Å². The molecule has 0 saturated heterocycles. The molecular weight excluding hydrogens is 216 g/mol. The van der Waals surface area contributed by atoms with Crippen LogP contribution in [0.1, 0.15) is 18.9 Å². The van der Waals surface area contributed by atoms with Gasteiger partial charge in [-0.3, -0.25) is 0 Å². The Bertz CT molecular complexity index is 383. The minimum absolute atomic E-state index is 0.555. The van der Waals surface area contributed by atoms with Crippen molar-refractivity contribution in [3.05, 3.63) is 36.4 Å². The topological polar surface area (TPSA) is 38.7 Å². The van der Waals surface area contributed by atoms with Crippen LogP contribution in [0.15, 0.2) is 30.9 Å². The van der Waals surface area contributed by atoms with Gasteiger partial charge >= 0.3 is 0 Å². The van der Waals surface area contributed by atoms with Crippen LogP contribution < -0.4 is 9.47 Å². The fourth-order valence-electron chi connectivity index (χ4n) is 1.81. The van der Waals surface area contributed by atoms with E-state index in [2.05, 4.69) is 6.58 Å². The zero-order valence-electron chi connectivity index (χ0n) is 10.7. The third-order valence-corrected chi connectivity index (χ3v) is 2.62. The quantitative estimate of drug-likeness (QED) is 0.771. The summed E-state index contributed by atoms with van der Waals surface area (Å²) in [6.45, 7) is 5.44. The molecule has 0 aliphatic carbocycles.